The third-order valence-corrected chi connectivity index (χ3v) is 8.71. The van der Waals surface area contributed by atoms with Gasteiger partial charge in [-0.25, -0.2) is 8.42 Å². The summed E-state index contributed by atoms with van der Waals surface area (Å²) in [6.07, 6.45) is 0. The molecule has 1 atom stereocenters. The smallest absolute Gasteiger partial charge is 0.264 e. The van der Waals surface area contributed by atoms with Crippen molar-refractivity contribution in [3.63, 3.8) is 0 Å². The predicted molar refractivity (Wildman–Crippen MR) is 160 cm³/mol. The number of hydrogen-bond donors (Lipinski definition) is 2. The highest BCUT2D eigenvalue weighted by molar-refractivity contribution is 7.92. The molecule has 7 nitrogen and oxygen atoms in total. The number of benzene rings is 4. The number of aryl methyl sites for hydroxylation is 1. The summed E-state index contributed by atoms with van der Waals surface area (Å²) in [5.74, 6) is -1.04. The van der Waals surface area contributed by atoms with E-state index in [9.17, 15) is 18.0 Å². The highest BCUT2D eigenvalue weighted by Gasteiger charge is 2.28. The van der Waals surface area contributed by atoms with Crippen LogP contribution in [0.15, 0.2) is 102 Å². The van der Waals surface area contributed by atoms with Gasteiger partial charge < -0.3 is 10.6 Å². The van der Waals surface area contributed by atoms with Crippen molar-refractivity contribution >= 4 is 56.4 Å². The first-order valence-electron chi connectivity index (χ1n) is 12.4. The second-order valence-electron chi connectivity index (χ2n) is 9.12. The average molecular weight is 597 g/mol. The van der Waals surface area contributed by atoms with Crippen LogP contribution in [0.2, 0.25) is 10.0 Å². The molecule has 4 aromatic rings. The van der Waals surface area contributed by atoms with Crippen LogP contribution >= 0.6 is 23.2 Å². The zero-order chi connectivity index (χ0) is 28.9. The fraction of sp³-hybridized carbons (Fsp3) is 0.133. The van der Waals surface area contributed by atoms with Gasteiger partial charge in [-0.1, -0.05) is 83.4 Å². The van der Waals surface area contributed by atoms with Crippen molar-refractivity contribution in [1.29, 1.82) is 0 Å². The molecule has 2 amide bonds. The number of carbonyl (C=O) groups is 2. The molecular weight excluding hydrogens is 569 g/mol. The summed E-state index contributed by atoms with van der Waals surface area (Å²) in [5.41, 5.74) is 2.45. The topological polar surface area (TPSA) is 95.6 Å². The number of nitrogens with zero attached hydrogens (tertiary/aromatic N) is 1. The lowest BCUT2D eigenvalue weighted by molar-refractivity contribution is -0.114. The Balaban J connectivity index is 1.60. The molecule has 0 unspecified atom stereocenters. The average Bonchev–Trinajstić information content (AvgIpc) is 2.94. The number of halogens is 2. The van der Waals surface area contributed by atoms with Crippen LogP contribution in [0.5, 0.6) is 0 Å². The lowest BCUT2D eigenvalue weighted by Gasteiger charge is -2.25. The van der Waals surface area contributed by atoms with E-state index in [2.05, 4.69) is 10.6 Å². The van der Waals surface area contributed by atoms with Gasteiger partial charge in [-0.3, -0.25) is 13.9 Å². The van der Waals surface area contributed by atoms with Crippen molar-refractivity contribution in [2.24, 2.45) is 0 Å². The normalized spacial score (nSPS) is 11.9. The summed E-state index contributed by atoms with van der Waals surface area (Å²) >= 11 is 12.2. The molecular formula is C30H27Cl2N3O4S. The molecule has 0 heterocycles. The fourth-order valence-electron chi connectivity index (χ4n) is 4.00. The van der Waals surface area contributed by atoms with Crippen LogP contribution in [0, 0.1) is 6.92 Å². The number of amides is 2. The molecule has 0 aliphatic carbocycles. The molecule has 206 valence electrons. The van der Waals surface area contributed by atoms with E-state index in [-0.39, 0.29) is 43.8 Å². The Bertz CT molecular complexity index is 1630. The van der Waals surface area contributed by atoms with E-state index < -0.39 is 22.5 Å². The van der Waals surface area contributed by atoms with E-state index in [0.717, 1.165) is 15.4 Å². The van der Waals surface area contributed by atoms with Crippen molar-refractivity contribution in [2.75, 3.05) is 16.2 Å². The summed E-state index contributed by atoms with van der Waals surface area (Å²) in [6.45, 7) is 3.12. The van der Waals surface area contributed by atoms with Crippen molar-refractivity contribution < 1.29 is 18.0 Å². The van der Waals surface area contributed by atoms with Gasteiger partial charge in [-0.05, 0) is 61.9 Å². The van der Waals surface area contributed by atoms with Gasteiger partial charge in [0.15, 0.2) is 0 Å². The Morgan fingerprint density at radius 2 is 1.50 bits per heavy atom. The van der Waals surface area contributed by atoms with Gasteiger partial charge in [0.05, 0.1) is 37.9 Å². The first-order valence-corrected chi connectivity index (χ1v) is 14.5. The molecule has 10 heteroatoms. The lowest BCUT2D eigenvalue weighted by atomic mass is 10.1. The molecule has 0 aliphatic rings. The van der Waals surface area contributed by atoms with Gasteiger partial charge in [0.25, 0.3) is 15.9 Å². The second-order valence-corrected chi connectivity index (χ2v) is 11.8. The van der Waals surface area contributed by atoms with Crippen LogP contribution in [0.1, 0.15) is 34.5 Å². The summed E-state index contributed by atoms with van der Waals surface area (Å²) in [5, 5.41) is 6.01. The molecule has 4 aromatic carbocycles. The third kappa shape index (κ3) is 6.83. The molecule has 0 aliphatic heterocycles. The van der Waals surface area contributed by atoms with Gasteiger partial charge in [0.2, 0.25) is 5.91 Å². The number of para-hydroxylation sites is 1. The van der Waals surface area contributed by atoms with Gasteiger partial charge in [0, 0.05) is 0 Å². The zero-order valence-corrected chi connectivity index (χ0v) is 24.1. The fourth-order valence-corrected chi connectivity index (χ4v) is 5.71. The van der Waals surface area contributed by atoms with Gasteiger partial charge >= 0.3 is 0 Å². The van der Waals surface area contributed by atoms with E-state index in [1.54, 1.807) is 36.4 Å². The summed E-state index contributed by atoms with van der Waals surface area (Å²) in [4.78, 5) is 26.4. The quantitative estimate of drug-likeness (QED) is 0.227. The molecule has 0 radical (unpaired) electrons. The molecule has 4 rings (SSSR count). The van der Waals surface area contributed by atoms with Crippen molar-refractivity contribution in [3.8, 4) is 0 Å². The van der Waals surface area contributed by atoms with Crippen molar-refractivity contribution in [2.45, 2.75) is 24.8 Å². The minimum absolute atomic E-state index is 0.00616. The highest BCUT2D eigenvalue weighted by Crippen LogP contribution is 2.31. The molecule has 0 spiro atoms. The van der Waals surface area contributed by atoms with E-state index in [0.29, 0.717) is 0 Å². The molecule has 40 heavy (non-hydrogen) atoms. The maximum Gasteiger partial charge on any atom is 0.264 e. The largest absolute Gasteiger partial charge is 0.345 e. The van der Waals surface area contributed by atoms with Crippen LogP contribution in [-0.2, 0) is 14.8 Å². The second kappa shape index (κ2) is 12.6. The minimum Gasteiger partial charge on any atom is -0.345 e. The van der Waals surface area contributed by atoms with E-state index in [1.807, 2.05) is 44.2 Å². The molecule has 0 saturated carbocycles. The van der Waals surface area contributed by atoms with Gasteiger partial charge in [-0.2, -0.15) is 0 Å². The summed E-state index contributed by atoms with van der Waals surface area (Å²) in [7, 11) is -4.17. The van der Waals surface area contributed by atoms with Crippen LogP contribution in [0.4, 0.5) is 11.4 Å². The van der Waals surface area contributed by atoms with Crippen LogP contribution in [0.3, 0.4) is 0 Å². The van der Waals surface area contributed by atoms with Crippen LogP contribution < -0.4 is 14.9 Å². The Hall–Kier alpha value is -3.85. The maximum absolute atomic E-state index is 13.7. The number of anilines is 2. The van der Waals surface area contributed by atoms with Crippen molar-refractivity contribution in [1.82, 2.24) is 5.32 Å². The minimum atomic E-state index is -4.17. The molecule has 0 saturated heterocycles. The summed E-state index contributed by atoms with van der Waals surface area (Å²) < 4.78 is 28.3. The van der Waals surface area contributed by atoms with Crippen LogP contribution in [0.25, 0.3) is 0 Å². The molecule has 2 N–H and O–H groups in total. The molecule has 0 fully saturated rings. The Morgan fingerprint density at radius 3 is 2.17 bits per heavy atom. The van der Waals surface area contributed by atoms with Gasteiger partial charge in [-0.15, -0.1) is 0 Å². The number of carbonyl (C=O) groups excluding carboxylic acids is 2. The first-order chi connectivity index (χ1) is 19.1. The van der Waals surface area contributed by atoms with E-state index in [4.69, 9.17) is 23.2 Å². The SMILES string of the molecule is Cc1ccc(S(=O)(=O)N(CC(=O)Nc2ccccc2C(=O)N[C@@H](C)c2ccccc2)c2ccc(Cl)c(Cl)c2)cc1. The Morgan fingerprint density at radius 1 is 0.850 bits per heavy atom. The monoisotopic (exact) mass is 595 g/mol. The standard InChI is InChI=1S/C30H27Cl2N3O4S/c1-20-12-15-24(16-13-20)40(38,39)35(23-14-17-26(31)27(32)18-23)19-29(36)34-28-11-7-6-10-25(28)30(37)33-21(2)22-8-4-3-5-9-22/h3-18,21H,19H2,1-2H3,(H,33,37)(H,34,36)/t21-/m0/s1. The third-order valence-electron chi connectivity index (χ3n) is 6.18. The number of nitrogens with one attached hydrogen (secondary N) is 2. The predicted octanol–water partition coefficient (Wildman–Crippen LogP) is 6.63. The Kier molecular flexibility index (Phi) is 9.14. The van der Waals surface area contributed by atoms with Crippen LogP contribution in [-0.4, -0.2) is 26.8 Å². The summed E-state index contributed by atoms with van der Waals surface area (Å²) in [6, 6.07) is 26.3. The molecule has 0 bridgehead atoms. The Labute approximate surface area is 243 Å². The van der Waals surface area contributed by atoms with Crippen molar-refractivity contribution in [3.05, 3.63) is 124 Å². The molecule has 0 aromatic heterocycles. The number of hydrogen-bond acceptors (Lipinski definition) is 4. The lowest BCUT2D eigenvalue weighted by Crippen LogP contribution is -2.38. The van der Waals surface area contributed by atoms with Gasteiger partial charge in [0.1, 0.15) is 6.54 Å². The number of rotatable bonds is 9. The number of sulfonamides is 1. The highest BCUT2D eigenvalue weighted by atomic mass is 35.5. The zero-order valence-electron chi connectivity index (χ0n) is 21.8. The van der Waals surface area contributed by atoms with E-state index >= 15 is 0 Å². The van der Waals surface area contributed by atoms with E-state index in [1.165, 1.54) is 30.3 Å². The first kappa shape index (κ1) is 29.1. The maximum atomic E-state index is 13.7.